The molecule has 2 aromatic heterocycles. The molecule has 3 aromatic rings. The number of rotatable bonds is 6. The van der Waals surface area contributed by atoms with Crippen LogP contribution in [0.1, 0.15) is 43.7 Å². The highest BCUT2D eigenvalue weighted by Crippen LogP contribution is 2.35. The van der Waals surface area contributed by atoms with Crippen LogP contribution in [-0.4, -0.2) is 44.5 Å². The fourth-order valence-electron chi connectivity index (χ4n) is 4.08. The first-order valence-electron chi connectivity index (χ1n) is 9.98. The van der Waals surface area contributed by atoms with Crippen molar-refractivity contribution in [3.63, 3.8) is 0 Å². The number of aromatic amines is 1. The number of benzene rings is 1. The van der Waals surface area contributed by atoms with Crippen molar-refractivity contribution in [2.75, 3.05) is 13.7 Å². The Morgan fingerprint density at radius 2 is 2.07 bits per heavy atom. The number of aryl methyl sites for hydroxylation is 1. The number of fused-ring (bicyclic) bond motifs is 1. The van der Waals surface area contributed by atoms with Crippen molar-refractivity contribution in [2.45, 2.75) is 38.0 Å². The molecule has 0 bridgehead atoms. The Balaban J connectivity index is 1.76. The van der Waals surface area contributed by atoms with E-state index in [-0.39, 0.29) is 11.5 Å². The first-order chi connectivity index (χ1) is 14.5. The van der Waals surface area contributed by atoms with Gasteiger partial charge in [-0.2, -0.15) is 5.10 Å². The minimum atomic E-state index is -1.07. The molecule has 4 rings (SSSR count). The molecule has 0 saturated heterocycles. The number of aliphatic carboxylic acids is 1. The fourth-order valence-corrected chi connectivity index (χ4v) is 4.08. The molecule has 2 N–H and O–H groups in total. The largest absolute Gasteiger partial charge is 0.496 e. The van der Waals surface area contributed by atoms with Crippen LogP contribution in [0.2, 0.25) is 0 Å². The number of hydrogen-bond donors (Lipinski definition) is 2. The lowest BCUT2D eigenvalue weighted by atomic mass is 9.86. The smallest absolute Gasteiger partial charge is 0.341 e. The molecule has 9 nitrogen and oxygen atoms in total. The van der Waals surface area contributed by atoms with E-state index >= 15 is 0 Å². The summed E-state index contributed by atoms with van der Waals surface area (Å²) in [5, 5.41) is 14.0. The second kappa shape index (κ2) is 8.17. The predicted octanol–water partition coefficient (Wildman–Crippen LogP) is 2.84. The lowest BCUT2D eigenvalue weighted by Gasteiger charge is -2.19. The van der Waals surface area contributed by atoms with Gasteiger partial charge in [-0.25, -0.2) is 14.5 Å². The average molecular weight is 412 g/mol. The van der Waals surface area contributed by atoms with Gasteiger partial charge in [-0.05, 0) is 25.0 Å². The molecule has 1 aliphatic rings. The van der Waals surface area contributed by atoms with Crippen molar-refractivity contribution in [1.82, 2.24) is 19.7 Å². The third-order valence-corrected chi connectivity index (χ3v) is 5.50. The fraction of sp³-hybridized carbons (Fsp3) is 0.429. The van der Waals surface area contributed by atoms with Gasteiger partial charge in [-0.1, -0.05) is 19.3 Å². The molecule has 158 valence electrons. The number of carbonyl (C=O) groups is 1. The van der Waals surface area contributed by atoms with Gasteiger partial charge in [0.25, 0.3) is 5.56 Å². The maximum Gasteiger partial charge on any atom is 0.341 e. The summed E-state index contributed by atoms with van der Waals surface area (Å²) in [5.74, 6) is 0.333. The van der Waals surface area contributed by atoms with Gasteiger partial charge in [0.15, 0.2) is 12.3 Å². The summed E-state index contributed by atoms with van der Waals surface area (Å²) < 4.78 is 12.3. The number of carboxylic acid groups (broad SMARTS) is 1. The molecule has 0 unspecified atom stereocenters. The Kier molecular flexibility index (Phi) is 5.43. The van der Waals surface area contributed by atoms with Crippen LogP contribution in [0.4, 0.5) is 0 Å². The van der Waals surface area contributed by atoms with E-state index in [4.69, 9.17) is 14.6 Å². The highest BCUT2D eigenvalue weighted by molar-refractivity contribution is 5.80. The summed E-state index contributed by atoms with van der Waals surface area (Å²) >= 11 is 0. The van der Waals surface area contributed by atoms with Gasteiger partial charge < -0.3 is 19.6 Å². The molecule has 9 heteroatoms. The maximum absolute atomic E-state index is 13.0. The van der Waals surface area contributed by atoms with Crippen LogP contribution < -0.4 is 15.0 Å². The Hall–Kier alpha value is -3.36. The number of aromatic nitrogens is 4. The first kappa shape index (κ1) is 19.9. The zero-order valence-corrected chi connectivity index (χ0v) is 17.0. The number of carboxylic acids is 1. The van der Waals surface area contributed by atoms with E-state index in [9.17, 15) is 9.59 Å². The summed E-state index contributed by atoms with van der Waals surface area (Å²) in [5.41, 5.74) is 1.70. The minimum Gasteiger partial charge on any atom is -0.496 e. The number of hydrogen-bond acceptors (Lipinski definition) is 6. The van der Waals surface area contributed by atoms with E-state index in [1.54, 1.807) is 29.9 Å². The average Bonchev–Trinajstić information content (AvgIpc) is 3.09. The van der Waals surface area contributed by atoms with Crippen LogP contribution in [0.3, 0.4) is 0 Å². The molecule has 0 atom stereocenters. The molecule has 0 aliphatic heterocycles. The van der Waals surface area contributed by atoms with Gasteiger partial charge in [0.2, 0.25) is 0 Å². The lowest BCUT2D eigenvalue weighted by Crippen LogP contribution is -2.13. The number of ether oxygens (including phenoxy) is 2. The van der Waals surface area contributed by atoms with Crippen LogP contribution in [0.5, 0.6) is 11.5 Å². The van der Waals surface area contributed by atoms with Gasteiger partial charge >= 0.3 is 5.97 Å². The quantitative estimate of drug-likeness (QED) is 0.639. The second-order valence-electron chi connectivity index (χ2n) is 7.50. The molecular formula is C21H24N4O5. The lowest BCUT2D eigenvalue weighted by molar-refractivity contribution is -0.139. The highest BCUT2D eigenvalue weighted by Gasteiger charge is 2.25. The molecule has 1 fully saturated rings. The van der Waals surface area contributed by atoms with Gasteiger partial charge in [0.05, 0.1) is 18.4 Å². The summed E-state index contributed by atoms with van der Waals surface area (Å²) in [6.45, 7) is -0.456. The number of methoxy groups -OCH3 is 1. The molecule has 2 heterocycles. The Morgan fingerprint density at radius 1 is 1.30 bits per heavy atom. The van der Waals surface area contributed by atoms with E-state index in [0.717, 1.165) is 31.4 Å². The third-order valence-electron chi connectivity index (χ3n) is 5.50. The highest BCUT2D eigenvalue weighted by atomic mass is 16.5. The molecule has 0 spiro atoms. The topological polar surface area (TPSA) is 119 Å². The van der Waals surface area contributed by atoms with Gasteiger partial charge in [0, 0.05) is 19.0 Å². The van der Waals surface area contributed by atoms with E-state index in [2.05, 4.69) is 15.1 Å². The van der Waals surface area contributed by atoms with Crippen molar-refractivity contribution in [3.05, 3.63) is 34.2 Å². The zero-order valence-electron chi connectivity index (χ0n) is 17.0. The third kappa shape index (κ3) is 3.74. The summed E-state index contributed by atoms with van der Waals surface area (Å²) in [4.78, 5) is 31.3. The predicted molar refractivity (Wildman–Crippen MR) is 110 cm³/mol. The van der Waals surface area contributed by atoms with Crippen molar-refractivity contribution in [3.8, 4) is 22.9 Å². The standard InChI is InChI=1S/C21H24N4O5/c1-25-20-17(18(24-25)12-6-4-3-5-7-12)21(28)23-19(22-20)14-9-8-13(10-15(14)29-2)30-11-16(26)27/h8-10,12H,3-7,11H2,1-2H3,(H,26,27)(H,22,23,28). The van der Waals surface area contributed by atoms with Gasteiger partial charge in [-0.15, -0.1) is 0 Å². The van der Waals surface area contributed by atoms with Gasteiger partial charge in [0.1, 0.15) is 22.7 Å². The van der Waals surface area contributed by atoms with Crippen LogP contribution in [0, 0.1) is 0 Å². The SMILES string of the molecule is COc1cc(OCC(=O)O)ccc1-c1nc2c(c(C3CCCCC3)nn2C)c(=O)[nH]1. The molecule has 1 saturated carbocycles. The summed E-state index contributed by atoms with van der Waals surface area (Å²) in [6.07, 6.45) is 5.61. The van der Waals surface area contributed by atoms with Crippen molar-refractivity contribution < 1.29 is 19.4 Å². The Labute approximate surface area is 172 Å². The van der Waals surface area contributed by atoms with Crippen molar-refractivity contribution in [1.29, 1.82) is 0 Å². The number of nitrogens with zero attached hydrogens (tertiary/aromatic N) is 3. The minimum absolute atomic E-state index is 0.225. The van der Waals surface area contributed by atoms with Crippen LogP contribution in [-0.2, 0) is 11.8 Å². The van der Waals surface area contributed by atoms with Crippen LogP contribution in [0.15, 0.2) is 23.0 Å². The Morgan fingerprint density at radius 3 is 2.77 bits per heavy atom. The van der Waals surface area contributed by atoms with Crippen molar-refractivity contribution in [2.24, 2.45) is 7.05 Å². The van der Waals surface area contributed by atoms with E-state index in [0.29, 0.717) is 33.9 Å². The number of nitrogens with one attached hydrogen (secondary N) is 1. The van der Waals surface area contributed by atoms with E-state index in [1.165, 1.54) is 13.5 Å². The Bertz CT molecular complexity index is 1140. The maximum atomic E-state index is 13.0. The molecule has 0 radical (unpaired) electrons. The van der Waals surface area contributed by atoms with E-state index < -0.39 is 12.6 Å². The monoisotopic (exact) mass is 412 g/mol. The molecule has 30 heavy (non-hydrogen) atoms. The summed E-state index contributed by atoms with van der Waals surface area (Å²) in [7, 11) is 3.28. The van der Waals surface area contributed by atoms with Crippen LogP contribution >= 0.6 is 0 Å². The number of H-pyrrole nitrogens is 1. The normalized spacial score (nSPS) is 14.7. The molecule has 1 aromatic carbocycles. The van der Waals surface area contributed by atoms with Gasteiger partial charge in [-0.3, -0.25) is 4.79 Å². The molecule has 1 aliphatic carbocycles. The zero-order chi connectivity index (χ0) is 21.3. The molecule has 0 amide bonds. The van der Waals surface area contributed by atoms with Crippen molar-refractivity contribution >= 4 is 17.0 Å². The second-order valence-corrected chi connectivity index (χ2v) is 7.50. The first-order valence-corrected chi connectivity index (χ1v) is 9.98. The molecular weight excluding hydrogens is 388 g/mol. The van der Waals surface area contributed by atoms with Crippen LogP contribution in [0.25, 0.3) is 22.4 Å². The van der Waals surface area contributed by atoms with E-state index in [1.807, 2.05) is 0 Å². The summed E-state index contributed by atoms with van der Waals surface area (Å²) in [6, 6.07) is 4.86.